The smallest absolute Gasteiger partial charge is 0.395 e. The van der Waals surface area contributed by atoms with Crippen molar-refractivity contribution in [1.29, 1.82) is 0 Å². The molecule has 1 aliphatic heterocycles. The van der Waals surface area contributed by atoms with Crippen LogP contribution in [0.5, 0.6) is 11.5 Å². The number of aromatic nitrogens is 4. The summed E-state index contributed by atoms with van der Waals surface area (Å²) in [5.74, 6) is 0.501. The van der Waals surface area contributed by atoms with E-state index in [1.165, 1.54) is 17.7 Å². The summed E-state index contributed by atoms with van der Waals surface area (Å²) in [6.45, 7) is 4.68. The number of hydrogen-bond acceptors (Lipinski definition) is 4. The van der Waals surface area contributed by atoms with E-state index in [0.717, 1.165) is 11.3 Å². The van der Waals surface area contributed by atoms with Gasteiger partial charge in [0.05, 0.1) is 17.6 Å². The first kappa shape index (κ1) is 16.7. The molecule has 3 heterocycles. The number of nitrogens with one attached hydrogen (secondary N) is 1. The highest BCUT2D eigenvalue weighted by molar-refractivity contribution is 5.82. The summed E-state index contributed by atoms with van der Waals surface area (Å²) in [7, 11) is 0. The van der Waals surface area contributed by atoms with Crippen LogP contribution in [0.1, 0.15) is 16.8 Å². The van der Waals surface area contributed by atoms with E-state index in [4.69, 9.17) is 0 Å². The Bertz CT molecular complexity index is 1150. The minimum absolute atomic E-state index is 0.0196. The summed E-state index contributed by atoms with van der Waals surface area (Å²) in [6.07, 6.45) is -3.64. The number of hydrogen-bond donors (Lipinski definition) is 1. The second-order valence-corrected chi connectivity index (χ2v) is 6.88. The number of nitrogens with zero attached hydrogens (tertiary/aromatic N) is 3. The van der Waals surface area contributed by atoms with Crippen molar-refractivity contribution < 1.29 is 18.3 Å². The largest absolute Gasteiger partial charge is 0.586 e. The zero-order valence-electron chi connectivity index (χ0n) is 15.2. The summed E-state index contributed by atoms with van der Waals surface area (Å²) in [6, 6.07) is 13.1. The van der Waals surface area contributed by atoms with Gasteiger partial charge in [0, 0.05) is 17.8 Å². The van der Waals surface area contributed by atoms with Gasteiger partial charge in [-0.05, 0) is 25.5 Å². The van der Waals surface area contributed by atoms with E-state index in [2.05, 4.69) is 55.7 Å². The molecule has 4 aromatic rings. The van der Waals surface area contributed by atoms with Crippen LogP contribution in [0.3, 0.4) is 0 Å². The first-order valence-corrected chi connectivity index (χ1v) is 8.76. The van der Waals surface area contributed by atoms with Gasteiger partial charge in [0.1, 0.15) is 5.69 Å². The standard InChI is InChI=1S/C20H16F2N4O2/c1-11-3-5-13(6-4-11)10-26-12(2)7-16(25-26)19-23-14-8-17-18(9-15(14)24-19)28-20(21,22)27-17/h3-9H,10H2,1-2H3,(H,23,24). The van der Waals surface area contributed by atoms with E-state index in [9.17, 15) is 8.78 Å². The number of aryl methyl sites for hydroxylation is 2. The number of rotatable bonds is 3. The second-order valence-electron chi connectivity index (χ2n) is 6.88. The number of ether oxygens (including phenoxy) is 2. The molecule has 0 amide bonds. The Balaban J connectivity index is 1.47. The predicted octanol–water partition coefficient (Wildman–Crippen LogP) is 4.41. The van der Waals surface area contributed by atoms with Gasteiger partial charge in [-0.3, -0.25) is 4.68 Å². The average Bonchev–Trinajstić information content (AvgIpc) is 3.28. The molecular formula is C20H16F2N4O2. The van der Waals surface area contributed by atoms with E-state index in [1.807, 2.05) is 17.7 Å². The Labute approximate surface area is 158 Å². The lowest BCUT2D eigenvalue weighted by Crippen LogP contribution is -2.25. The summed E-state index contributed by atoms with van der Waals surface area (Å²) < 4.78 is 37.3. The van der Waals surface area contributed by atoms with Crippen molar-refractivity contribution in [2.45, 2.75) is 26.7 Å². The van der Waals surface area contributed by atoms with E-state index >= 15 is 0 Å². The zero-order valence-corrected chi connectivity index (χ0v) is 15.2. The number of halogens is 2. The molecule has 28 heavy (non-hydrogen) atoms. The van der Waals surface area contributed by atoms with Crippen molar-refractivity contribution in [3.63, 3.8) is 0 Å². The third-order valence-electron chi connectivity index (χ3n) is 4.68. The van der Waals surface area contributed by atoms with Gasteiger partial charge in [0.2, 0.25) is 0 Å². The minimum Gasteiger partial charge on any atom is -0.395 e. The first-order valence-electron chi connectivity index (χ1n) is 8.76. The Morgan fingerprint density at radius 3 is 2.50 bits per heavy atom. The average molecular weight is 382 g/mol. The van der Waals surface area contributed by atoms with Crippen LogP contribution in [0.2, 0.25) is 0 Å². The lowest BCUT2D eigenvalue weighted by molar-refractivity contribution is -0.286. The van der Waals surface area contributed by atoms with Gasteiger partial charge in [-0.2, -0.15) is 5.10 Å². The number of imidazole rings is 1. The lowest BCUT2D eigenvalue weighted by atomic mass is 10.1. The number of aromatic amines is 1. The van der Waals surface area contributed by atoms with Crippen LogP contribution in [0.15, 0.2) is 42.5 Å². The second kappa shape index (κ2) is 5.79. The molecule has 0 radical (unpaired) electrons. The van der Waals surface area contributed by atoms with Crippen LogP contribution in [0, 0.1) is 13.8 Å². The molecule has 1 aliphatic rings. The van der Waals surface area contributed by atoms with Crippen LogP contribution >= 0.6 is 0 Å². The van der Waals surface area contributed by atoms with Crippen LogP contribution < -0.4 is 9.47 Å². The summed E-state index contributed by atoms with van der Waals surface area (Å²) >= 11 is 0. The number of benzene rings is 2. The van der Waals surface area contributed by atoms with Crippen LogP contribution in [0.25, 0.3) is 22.6 Å². The van der Waals surface area contributed by atoms with Gasteiger partial charge in [0.25, 0.3) is 0 Å². The van der Waals surface area contributed by atoms with E-state index in [0.29, 0.717) is 29.1 Å². The maximum Gasteiger partial charge on any atom is 0.586 e. The Morgan fingerprint density at radius 1 is 1.04 bits per heavy atom. The molecule has 0 saturated heterocycles. The van der Waals surface area contributed by atoms with Crippen LogP contribution in [0.4, 0.5) is 8.78 Å². The van der Waals surface area contributed by atoms with E-state index in [-0.39, 0.29) is 11.5 Å². The molecule has 0 saturated carbocycles. The monoisotopic (exact) mass is 382 g/mol. The maximum absolute atomic E-state index is 13.2. The quantitative estimate of drug-likeness (QED) is 0.570. The topological polar surface area (TPSA) is 65.0 Å². The predicted molar refractivity (Wildman–Crippen MR) is 98.5 cm³/mol. The van der Waals surface area contributed by atoms with Crippen molar-refractivity contribution in [1.82, 2.24) is 19.7 Å². The van der Waals surface area contributed by atoms with Gasteiger partial charge < -0.3 is 14.5 Å². The van der Waals surface area contributed by atoms with Crippen molar-refractivity contribution in [2.24, 2.45) is 0 Å². The fourth-order valence-electron chi connectivity index (χ4n) is 3.23. The molecule has 2 aromatic carbocycles. The summed E-state index contributed by atoms with van der Waals surface area (Å²) in [4.78, 5) is 7.58. The van der Waals surface area contributed by atoms with Gasteiger partial charge in [-0.15, -0.1) is 8.78 Å². The van der Waals surface area contributed by atoms with Crippen LogP contribution in [-0.2, 0) is 6.54 Å². The van der Waals surface area contributed by atoms with Crippen molar-refractivity contribution in [3.05, 3.63) is 59.3 Å². The van der Waals surface area contributed by atoms with Gasteiger partial charge in [-0.25, -0.2) is 4.98 Å². The fraction of sp³-hybridized carbons (Fsp3) is 0.200. The SMILES string of the molecule is Cc1ccc(Cn2nc(-c3nc4cc5c(cc4[nH]3)OC(F)(F)O5)cc2C)cc1. The molecule has 0 spiro atoms. The summed E-state index contributed by atoms with van der Waals surface area (Å²) in [5.41, 5.74) is 5.10. The van der Waals surface area contributed by atoms with E-state index in [1.54, 1.807) is 0 Å². The molecule has 0 aliphatic carbocycles. The van der Waals surface area contributed by atoms with Crippen molar-refractivity contribution in [2.75, 3.05) is 0 Å². The Hall–Kier alpha value is -3.42. The zero-order chi connectivity index (χ0) is 19.5. The molecule has 6 nitrogen and oxygen atoms in total. The van der Waals surface area contributed by atoms with Crippen LogP contribution in [-0.4, -0.2) is 26.0 Å². The maximum atomic E-state index is 13.2. The molecule has 0 fully saturated rings. The number of alkyl halides is 2. The number of H-pyrrole nitrogens is 1. The Morgan fingerprint density at radius 2 is 1.75 bits per heavy atom. The molecule has 2 aromatic heterocycles. The molecule has 0 atom stereocenters. The molecular weight excluding hydrogens is 366 g/mol. The third-order valence-corrected chi connectivity index (χ3v) is 4.68. The highest BCUT2D eigenvalue weighted by Crippen LogP contribution is 2.43. The van der Waals surface area contributed by atoms with Gasteiger partial charge in [-0.1, -0.05) is 29.8 Å². The summed E-state index contributed by atoms with van der Waals surface area (Å²) in [5, 5.41) is 4.64. The normalized spacial score (nSPS) is 14.7. The molecule has 0 bridgehead atoms. The molecule has 5 rings (SSSR count). The van der Waals surface area contributed by atoms with Crippen molar-refractivity contribution in [3.8, 4) is 23.0 Å². The number of fused-ring (bicyclic) bond motifs is 2. The highest BCUT2D eigenvalue weighted by atomic mass is 19.3. The third kappa shape index (κ3) is 2.87. The minimum atomic E-state index is -3.64. The fourth-order valence-corrected chi connectivity index (χ4v) is 3.23. The highest BCUT2D eigenvalue weighted by Gasteiger charge is 2.43. The van der Waals surface area contributed by atoms with E-state index < -0.39 is 6.29 Å². The molecule has 1 N–H and O–H groups in total. The lowest BCUT2D eigenvalue weighted by Gasteiger charge is -2.04. The molecule has 0 unspecified atom stereocenters. The Kier molecular flexibility index (Phi) is 3.46. The molecule has 8 heteroatoms. The van der Waals surface area contributed by atoms with Gasteiger partial charge in [0.15, 0.2) is 17.3 Å². The first-order chi connectivity index (χ1) is 13.4. The van der Waals surface area contributed by atoms with Crippen molar-refractivity contribution >= 4 is 11.0 Å². The van der Waals surface area contributed by atoms with Gasteiger partial charge >= 0.3 is 6.29 Å². The molecule has 142 valence electrons.